The lowest BCUT2D eigenvalue weighted by molar-refractivity contribution is -0.158. The molecule has 1 atom stereocenters. The molecule has 3 rings (SSSR count). The highest BCUT2D eigenvalue weighted by Crippen LogP contribution is 2.29. The monoisotopic (exact) mass is 359 g/mol. The molecule has 0 aromatic heterocycles. The van der Waals surface area contributed by atoms with Crippen LogP contribution in [0.3, 0.4) is 0 Å². The van der Waals surface area contributed by atoms with Crippen molar-refractivity contribution in [2.45, 2.75) is 18.9 Å². The van der Waals surface area contributed by atoms with Crippen molar-refractivity contribution < 1.29 is 18.4 Å². The summed E-state index contributed by atoms with van der Waals surface area (Å²) in [4.78, 5) is 11.0. The molecule has 1 unspecified atom stereocenters. The lowest BCUT2D eigenvalue weighted by Gasteiger charge is -2.23. The van der Waals surface area contributed by atoms with Gasteiger partial charge in [-0.1, -0.05) is 54.6 Å². The first-order valence-electron chi connectivity index (χ1n) is 8.23. The van der Waals surface area contributed by atoms with Crippen molar-refractivity contribution in [1.29, 1.82) is 0 Å². The van der Waals surface area contributed by atoms with E-state index in [0.29, 0.717) is 10.6 Å². The molecule has 1 aliphatic rings. The van der Waals surface area contributed by atoms with Crippen molar-refractivity contribution in [3.8, 4) is 0 Å². The number of fused-ring (bicyclic) bond motifs is 1. The van der Waals surface area contributed by atoms with Gasteiger partial charge in [-0.2, -0.15) is 0 Å². The van der Waals surface area contributed by atoms with E-state index >= 15 is 0 Å². The molecular weight excluding hydrogens is 338 g/mol. The third kappa shape index (κ3) is 4.27. The molecule has 1 amide bonds. The minimum Gasteiger partial charge on any atom is -0.285 e. The van der Waals surface area contributed by atoms with Gasteiger partial charge in [-0.3, -0.25) is 10.0 Å². The second kappa shape index (κ2) is 7.37. The number of carbonyl (C=O) groups is 1. The highest BCUT2D eigenvalue weighted by molar-refractivity contribution is 7.91. The van der Waals surface area contributed by atoms with Crippen LogP contribution in [-0.4, -0.2) is 36.6 Å². The summed E-state index contributed by atoms with van der Waals surface area (Å²) in [5.41, 5.74) is 3.01. The summed E-state index contributed by atoms with van der Waals surface area (Å²) >= 11 is 0. The Morgan fingerprint density at radius 2 is 1.60 bits per heavy atom. The van der Waals surface area contributed by atoms with Gasteiger partial charge in [0.15, 0.2) is 9.84 Å². The summed E-state index contributed by atoms with van der Waals surface area (Å²) in [5.74, 6) is -0.196. The lowest BCUT2D eigenvalue weighted by atomic mass is 10.1. The first-order valence-corrected chi connectivity index (χ1v) is 10.1. The number of sulfone groups is 1. The molecule has 25 heavy (non-hydrogen) atoms. The Morgan fingerprint density at radius 1 is 1.04 bits per heavy atom. The molecule has 0 fully saturated rings. The van der Waals surface area contributed by atoms with Gasteiger partial charge in [-0.15, -0.1) is 0 Å². The minimum atomic E-state index is -3.45. The van der Waals surface area contributed by atoms with Gasteiger partial charge in [-0.05, 0) is 35.4 Å². The molecule has 0 saturated carbocycles. The molecule has 1 N–H and O–H groups in total. The highest BCUT2D eigenvalue weighted by atomic mass is 32.2. The van der Waals surface area contributed by atoms with Gasteiger partial charge in [0.1, 0.15) is 0 Å². The quantitative estimate of drug-likeness (QED) is 0.468. The van der Waals surface area contributed by atoms with Crippen molar-refractivity contribution in [3.63, 3.8) is 0 Å². The number of benzene rings is 2. The maximum Gasteiger partial charge on any atom is 0.233 e. The zero-order chi connectivity index (χ0) is 17.9. The van der Waals surface area contributed by atoms with E-state index in [2.05, 4.69) is 0 Å². The fraction of sp³-hybridized carbons (Fsp3) is 0.316. The van der Waals surface area contributed by atoms with Crippen LogP contribution in [0.25, 0.3) is 0 Å². The Labute approximate surface area is 147 Å². The smallest absolute Gasteiger partial charge is 0.233 e. The Balaban J connectivity index is 1.72. The average molecular weight is 359 g/mol. The van der Waals surface area contributed by atoms with Crippen LogP contribution in [0.1, 0.15) is 22.7 Å². The molecule has 0 bridgehead atoms. The maximum absolute atomic E-state index is 12.7. The van der Waals surface area contributed by atoms with E-state index in [9.17, 15) is 18.4 Å². The van der Waals surface area contributed by atoms with E-state index in [0.717, 1.165) is 12.8 Å². The first kappa shape index (κ1) is 17.6. The third-order valence-corrected chi connectivity index (χ3v) is 6.45. The topological polar surface area (TPSA) is 74.7 Å². The van der Waals surface area contributed by atoms with Crippen molar-refractivity contribution in [2.75, 3.05) is 11.5 Å². The fourth-order valence-electron chi connectivity index (χ4n) is 3.51. The fourth-order valence-corrected chi connectivity index (χ4v) is 5.43. The van der Waals surface area contributed by atoms with Gasteiger partial charge in [0.25, 0.3) is 0 Å². The lowest BCUT2D eigenvalue weighted by Crippen LogP contribution is -2.32. The summed E-state index contributed by atoms with van der Waals surface area (Å²) in [5, 5.41) is 10.3. The Hall–Kier alpha value is -2.18. The van der Waals surface area contributed by atoms with Gasteiger partial charge < -0.3 is 0 Å². The Morgan fingerprint density at radius 3 is 2.16 bits per heavy atom. The van der Waals surface area contributed by atoms with Crippen molar-refractivity contribution >= 4 is 16.2 Å². The van der Waals surface area contributed by atoms with Crippen LogP contribution < -0.4 is 0 Å². The van der Waals surface area contributed by atoms with Crippen LogP contribution in [0.4, 0.5) is 0 Å². The molecule has 0 heterocycles. The van der Waals surface area contributed by atoms with Crippen LogP contribution in [0.2, 0.25) is 0 Å². The van der Waals surface area contributed by atoms with Crippen LogP contribution >= 0.6 is 0 Å². The number of amides is 1. The van der Waals surface area contributed by atoms with Crippen molar-refractivity contribution in [1.82, 2.24) is 5.06 Å². The van der Waals surface area contributed by atoms with Crippen LogP contribution in [0.5, 0.6) is 0 Å². The molecule has 1 aliphatic carbocycles. The van der Waals surface area contributed by atoms with Crippen LogP contribution in [-0.2, 0) is 27.5 Å². The molecule has 0 radical (unpaired) electrons. The summed E-state index contributed by atoms with van der Waals surface area (Å²) in [6, 6.07) is 15.8. The van der Waals surface area contributed by atoms with E-state index in [1.807, 2.05) is 24.3 Å². The average Bonchev–Trinajstić information content (AvgIpc) is 3.01. The maximum atomic E-state index is 12.7. The first-order chi connectivity index (χ1) is 12.0. The number of hydrogen-bond acceptors (Lipinski definition) is 4. The second-order valence-electron chi connectivity index (χ2n) is 6.53. The predicted octanol–water partition coefficient (Wildman–Crippen LogP) is 2.41. The van der Waals surface area contributed by atoms with Gasteiger partial charge in [0, 0.05) is 0 Å². The molecule has 0 spiro atoms. The molecule has 132 valence electrons. The number of nitrogens with zero attached hydrogens (tertiary/aromatic N) is 1. The van der Waals surface area contributed by atoms with E-state index in [1.165, 1.54) is 11.1 Å². The summed E-state index contributed by atoms with van der Waals surface area (Å²) in [6.45, 7) is 0. The normalized spacial score (nSPS) is 15.6. The molecule has 2 aromatic rings. The molecule has 5 nitrogen and oxygen atoms in total. The standard InChI is InChI=1S/C19H21NO4S/c21-14-20(22)19(16-6-2-1-3-7-16)13-25(23,24)12-15-10-17-8-4-5-9-18(17)11-15/h1-9,14-15,19,22H,10-13H2. The van der Waals surface area contributed by atoms with E-state index in [1.54, 1.807) is 30.3 Å². The van der Waals surface area contributed by atoms with E-state index in [4.69, 9.17) is 0 Å². The van der Waals surface area contributed by atoms with Gasteiger partial charge in [0.05, 0.1) is 17.5 Å². The summed E-state index contributed by atoms with van der Waals surface area (Å²) in [6.07, 6.45) is 1.75. The predicted molar refractivity (Wildman–Crippen MR) is 94.9 cm³/mol. The van der Waals surface area contributed by atoms with Crippen molar-refractivity contribution in [2.24, 2.45) is 5.92 Å². The number of hydrogen-bond donors (Lipinski definition) is 1. The number of rotatable bonds is 7. The summed E-state index contributed by atoms with van der Waals surface area (Å²) in [7, 11) is -3.45. The van der Waals surface area contributed by atoms with Crippen LogP contribution in [0, 0.1) is 5.92 Å². The highest BCUT2D eigenvalue weighted by Gasteiger charge is 2.30. The second-order valence-corrected chi connectivity index (χ2v) is 8.69. The molecular formula is C19H21NO4S. The van der Waals surface area contributed by atoms with Gasteiger partial charge in [0.2, 0.25) is 6.41 Å². The van der Waals surface area contributed by atoms with E-state index < -0.39 is 15.9 Å². The zero-order valence-electron chi connectivity index (χ0n) is 13.8. The molecule has 2 aromatic carbocycles. The summed E-state index contributed by atoms with van der Waals surface area (Å²) < 4.78 is 25.4. The zero-order valence-corrected chi connectivity index (χ0v) is 14.6. The largest absolute Gasteiger partial charge is 0.285 e. The van der Waals surface area contributed by atoms with Gasteiger partial charge >= 0.3 is 0 Å². The molecule has 0 saturated heterocycles. The number of hydroxylamine groups is 2. The Kier molecular flexibility index (Phi) is 5.20. The van der Waals surface area contributed by atoms with Crippen LogP contribution in [0.15, 0.2) is 54.6 Å². The molecule has 6 heteroatoms. The van der Waals surface area contributed by atoms with Crippen molar-refractivity contribution in [3.05, 3.63) is 71.3 Å². The minimum absolute atomic E-state index is 0.0437. The van der Waals surface area contributed by atoms with Gasteiger partial charge in [-0.25, -0.2) is 13.5 Å². The third-order valence-electron chi connectivity index (χ3n) is 4.65. The van der Waals surface area contributed by atoms with E-state index in [-0.39, 0.29) is 23.8 Å². The number of carbonyl (C=O) groups excluding carboxylic acids is 1. The SMILES string of the molecule is O=CN(O)C(CS(=O)(=O)CC1Cc2ccccc2C1)c1ccccc1. The molecule has 0 aliphatic heterocycles. The Bertz CT molecular complexity index is 811.